The third-order valence-electron chi connectivity index (χ3n) is 3.90. The molecule has 0 bridgehead atoms. The number of hydrogen-bond acceptors (Lipinski definition) is 5. The number of rotatable bonds is 3. The molecule has 8 heteroatoms. The van der Waals surface area contributed by atoms with Crippen LogP contribution < -0.4 is 15.7 Å². The summed E-state index contributed by atoms with van der Waals surface area (Å²) in [7, 11) is 0. The van der Waals surface area contributed by atoms with Gasteiger partial charge in [-0.05, 0) is 41.5 Å². The Morgan fingerprint density at radius 1 is 1.07 bits per heavy atom. The second-order valence-corrected chi connectivity index (χ2v) is 8.19. The van der Waals surface area contributed by atoms with Crippen LogP contribution in [0.5, 0.6) is 0 Å². The van der Waals surface area contributed by atoms with Crippen molar-refractivity contribution in [2.45, 2.75) is 6.42 Å². The Kier molecular flexibility index (Phi) is 4.90. The molecule has 0 saturated carbocycles. The summed E-state index contributed by atoms with van der Waals surface area (Å²) in [6.07, 6.45) is 2.05. The lowest BCUT2D eigenvalue weighted by Crippen LogP contribution is -2.28. The van der Waals surface area contributed by atoms with E-state index in [0.29, 0.717) is 9.55 Å². The molecule has 0 aliphatic carbocycles. The fraction of sp³-hybridized carbons (Fsp3) is 0.0526. The SMILES string of the molecule is O=c1nc2sc(=Cc3ccc(Br)cc3)c(=O)n2nc1Cc1ccc(Cl)cc1. The van der Waals surface area contributed by atoms with Gasteiger partial charge in [0, 0.05) is 15.9 Å². The molecule has 0 aliphatic heterocycles. The van der Waals surface area contributed by atoms with Crippen molar-refractivity contribution in [3.05, 3.63) is 100 Å². The Bertz CT molecular complexity index is 1300. The minimum absolute atomic E-state index is 0.222. The maximum Gasteiger partial charge on any atom is 0.296 e. The van der Waals surface area contributed by atoms with Crippen molar-refractivity contribution >= 4 is 49.9 Å². The molecule has 0 fully saturated rings. The first kappa shape index (κ1) is 18.0. The minimum atomic E-state index is -0.429. The Balaban J connectivity index is 1.79. The average molecular weight is 461 g/mol. The average Bonchev–Trinajstić information content (AvgIpc) is 2.94. The molecular formula is C19H11BrClN3O2S. The summed E-state index contributed by atoms with van der Waals surface area (Å²) in [6, 6.07) is 14.7. The molecule has 2 heterocycles. The second-order valence-electron chi connectivity index (χ2n) is 5.83. The van der Waals surface area contributed by atoms with E-state index in [4.69, 9.17) is 11.6 Å². The van der Waals surface area contributed by atoms with Crippen LogP contribution in [-0.2, 0) is 6.42 Å². The standard InChI is InChI=1S/C19H11BrClN3O2S/c20-13-5-1-12(2-6-13)10-16-18(26)24-19(27-16)22-17(25)15(23-24)9-11-3-7-14(21)8-4-11/h1-8,10H,9H2. The minimum Gasteiger partial charge on any atom is -0.266 e. The first-order valence-corrected chi connectivity index (χ1v) is 9.93. The Morgan fingerprint density at radius 3 is 2.48 bits per heavy atom. The van der Waals surface area contributed by atoms with Gasteiger partial charge in [0.25, 0.3) is 11.1 Å². The smallest absolute Gasteiger partial charge is 0.266 e. The molecule has 0 amide bonds. The van der Waals surface area contributed by atoms with E-state index in [1.807, 2.05) is 36.4 Å². The van der Waals surface area contributed by atoms with Gasteiger partial charge in [0.15, 0.2) is 0 Å². The van der Waals surface area contributed by atoms with Crippen LogP contribution in [0.15, 0.2) is 62.6 Å². The van der Waals surface area contributed by atoms with Crippen LogP contribution in [0, 0.1) is 0 Å². The van der Waals surface area contributed by atoms with E-state index in [1.54, 1.807) is 18.2 Å². The van der Waals surface area contributed by atoms with E-state index in [-0.39, 0.29) is 22.6 Å². The van der Waals surface area contributed by atoms with Crippen molar-refractivity contribution in [1.29, 1.82) is 0 Å². The predicted octanol–water partition coefficient (Wildman–Crippen LogP) is 3.07. The number of aromatic nitrogens is 3. The van der Waals surface area contributed by atoms with Gasteiger partial charge < -0.3 is 0 Å². The van der Waals surface area contributed by atoms with Gasteiger partial charge in [-0.3, -0.25) is 9.59 Å². The number of thiazole rings is 1. The molecule has 0 spiro atoms. The normalized spacial score (nSPS) is 12.0. The molecule has 4 rings (SSSR count). The van der Waals surface area contributed by atoms with E-state index in [9.17, 15) is 9.59 Å². The number of halogens is 2. The second kappa shape index (κ2) is 7.34. The van der Waals surface area contributed by atoms with Crippen LogP contribution in [0.4, 0.5) is 0 Å². The fourth-order valence-electron chi connectivity index (χ4n) is 2.56. The summed E-state index contributed by atoms with van der Waals surface area (Å²) < 4.78 is 2.63. The Labute approximate surface area is 170 Å². The first-order valence-electron chi connectivity index (χ1n) is 7.94. The molecule has 0 aliphatic rings. The largest absolute Gasteiger partial charge is 0.296 e. The van der Waals surface area contributed by atoms with Crippen molar-refractivity contribution in [2.24, 2.45) is 0 Å². The lowest BCUT2D eigenvalue weighted by atomic mass is 10.1. The molecule has 4 aromatic rings. The van der Waals surface area contributed by atoms with Gasteiger partial charge in [0.2, 0.25) is 4.96 Å². The van der Waals surface area contributed by atoms with Crippen LogP contribution in [-0.4, -0.2) is 14.6 Å². The number of hydrogen-bond donors (Lipinski definition) is 0. The molecule has 2 aromatic carbocycles. The summed E-state index contributed by atoms with van der Waals surface area (Å²) in [5.74, 6) is 0. The number of fused-ring (bicyclic) bond motifs is 1. The van der Waals surface area contributed by atoms with Gasteiger partial charge in [0.05, 0.1) is 4.53 Å². The summed E-state index contributed by atoms with van der Waals surface area (Å²) in [4.78, 5) is 29.3. The molecule has 5 nitrogen and oxygen atoms in total. The number of benzene rings is 2. The molecule has 134 valence electrons. The summed E-state index contributed by atoms with van der Waals surface area (Å²) in [5.41, 5.74) is 1.25. The highest BCUT2D eigenvalue weighted by molar-refractivity contribution is 9.10. The topological polar surface area (TPSA) is 64.3 Å². The summed E-state index contributed by atoms with van der Waals surface area (Å²) in [6.45, 7) is 0. The van der Waals surface area contributed by atoms with Gasteiger partial charge in [-0.1, -0.05) is 63.1 Å². The van der Waals surface area contributed by atoms with Gasteiger partial charge in [-0.2, -0.15) is 14.6 Å². The zero-order valence-corrected chi connectivity index (χ0v) is 16.9. The van der Waals surface area contributed by atoms with Gasteiger partial charge in [0.1, 0.15) is 5.69 Å². The summed E-state index contributed by atoms with van der Waals surface area (Å²) in [5, 5.41) is 4.86. The van der Waals surface area contributed by atoms with Gasteiger partial charge in [-0.15, -0.1) is 0 Å². The van der Waals surface area contributed by atoms with Crippen LogP contribution in [0.3, 0.4) is 0 Å². The van der Waals surface area contributed by atoms with E-state index in [0.717, 1.165) is 26.9 Å². The zero-order valence-electron chi connectivity index (χ0n) is 13.7. The lowest BCUT2D eigenvalue weighted by Gasteiger charge is -2.00. The highest BCUT2D eigenvalue weighted by Gasteiger charge is 2.11. The van der Waals surface area contributed by atoms with Crippen molar-refractivity contribution < 1.29 is 0 Å². The van der Waals surface area contributed by atoms with E-state index in [2.05, 4.69) is 26.0 Å². The molecule has 0 saturated heterocycles. The van der Waals surface area contributed by atoms with Crippen LogP contribution in [0.1, 0.15) is 16.8 Å². The molecule has 0 unspecified atom stereocenters. The van der Waals surface area contributed by atoms with Crippen LogP contribution in [0.25, 0.3) is 11.0 Å². The van der Waals surface area contributed by atoms with Crippen molar-refractivity contribution in [3.8, 4) is 0 Å². The Hall–Kier alpha value is -2.35. The van der Waals surface area contributed by atoms with Crippen molar-refractivity contribution in [2.75, 3.05) is 0 Å². The molecule has 0 atom stereocenters. The monoisotopic (exact) mass is 459 g/mol. The third-order valence-corrected chi connectivity index (χ3v) is 5.64. The van der Waals surface area contributed by atoms with Crippen molar-refractivity contribution in [3.63, 3.8) is 0 Å². The molecule has 0 radical (unpaired) electrons. The molecule has 27 heavy (non-hydrogen) atoms. The van der Waals surface area contributed by atoms with E-state index >= 15 is 0 Å². The third kappa shape index (κ3) is 3.85. The quantitative estimate of drug-likeness (QED) is 0.471. The highest BCUT2D eigenvalue weighted by atomic mass is 79.9. The number of nitrogens with zero attached hydrogens (tertiary/aromatic N) is 3. The molecule has 2 aromatic heterocycles. The van der Waals surface area contributed by atoms with E-state index < -0.39 is 5.56 Å². The van der Waals surface area contributed by atoms with E-state index in [1.165, 1.54) is 4.52 Å². The first-order chi connectivity index (χ1) is 13.0. The Morgan fingerprint density at radius 2 is 1.78 bits per heavy atom. The maximum absolute atomic E-state index is 12.7. The molecule has 0 N–H and O–H groups in total. The van der Waals surface area contributed by atoms with Gasteiger partial charge in [-0.25, -0.2) is 0 Å². The zero-order chi connectivity index (χ0) is 19.0. The maximum atomic E-state index is 12.7. The predicted molar refractivity (Wildman–Crippen MR) is 111 cm³/mol. The van der Waals surface area contributed by atoms with Gasteiger partial charge >= 0.3 is 0 Å². The van der Waals surface area contributed by atoms with Crippen molar-refractivity contribution in [1.82, 2.24) is 14.6 Å². The fourth-order valence-corrected chi connectivity index (χ4v) is 3.85. The highest BCUT2D eigenvalue weighted by Crippen LogP contribution is 2.12. The molecular weight excluding hydrogens is 450 g/mol. The lowest BCUT2D eigenvalue weighted by molar-refractivity contribution is 0.811. The summed E-state index contributed by atoms with van der Waals surface area (Å²) >= 11 is 10.4. The van der Waals surface area contributed by atoms with Crippen LogP contribution in [0.2, 0.25) is 5.02 Å². The van der Waals surface area contributed by atoms with Crippen LogP contribution >= 0.6 is 38.9 Å².